The standard InChI is InChI=1S/C13H22F3NO3/c1-11(2,3)20-10(18)17-8-12(19)6-4-5-9(7-12)13(14,15)16/h9,19H,4-8H2,1-3H3,(H,17,18). The van der Waals surface area contributed by atoms with Crippen LogP contribution in [0.1, 0.15) is 46.5 Å². The van der Waals surface area contributed by atoms with Gasteiger partial charge in [0.1, 0.15) is 5.60 Å². The third kappa shape index (κ3) is 5.56. The lowest BCUT2D eigenvalue weighted by atomic mass is 9.77. The molecule has 0 radical (unpaired) electrons. The first-order valence-electron chi connectivity index (χ1n) is 6.67. The minimum Gasteiger partial charge on any atom is -0.444 e. The maximum absolute atomic E-state index is 12.7. The molecule has 2 N–H and O–H groups in total. The van der Waals surface area contributed by atoms with Crippen molar-refractivity contribution in [1.82, 2.24) is 5.32 Å². The average molecular weight is 297 g/mol. The van der Waals surface area contributed by atoms with E-state index < -0.39 is 29.4 Å². The van der Waals surface area contributed by atoms with E-state index >= 15 is 0 Å². The molecule has 0 aromatic carbocycles. The van der Waals surface area contributed by atoms with Crippen LogP contribution in [-0.4, -0.2) is 35.1 Å². The Hall–Kier alpha value is -0.980. The van der Waals surface area contributed by atoms with Crippen LogP contribution in [0.25, 0.3) is 0 Å². The summed E-state index contributed by atoms with van der Waals surface area (Å²) in [5.41, 5.74) is -2.21. The lowest BCUT2D eigenvalue weighted by Gasteiger charge is -2.37. The molecule has 0 spiro atoms. The number of hydrogen-bond donors (Lipinski definition) is 2. The van der Waals surface area contributed by atoms with Gasteiger partial charge < -0.3 is 15.2 Å². The molecule has 1 aliphatic rings. The Bertz CT molecular complexity index is 352. The summed E-state index contributed by atoms with van der Waals surface area (Å²) in [6.07, 6.45) is -4.86. The molecule has 118 valence electrons. The van der Waals surface area contributed by atoms with E-state index in [0.29, 0.717) is 0 Å². The van der Waals surface area contributed by atoms with Crippen molar-refractivity contribution in [2.75, 3.05) is 6.54 Å². The van der Waals surface area contributed by atoms with Crippen molar-refractivity contribution in [3.05, 3.63) is 0 Å². The molecule has 2 atom stereocenters. The molecule has 1 amide bonds. The van der Waals surface area contributed by atoms with Crippen molar-refractivity contribution in [3.63, 3.8) is 0 Å². The third-order valence-electron chi connectivity index (χ3n) is 3.24. The summed E-state index contributed by atoms with van der Waals surface area (Å²) in [6.45, 7) is 4.82. The maximum atomic E-state index is 12.7. The monoisotopic (exact) mass is 297 g/mol. The highest BCUT2D eigenvalue weighted by Gasteiger charge is 2.47. The number of nitrogens with one attached hydrogen (secondary N) is 1. The molecular weight excluding hydrogens is 275 g/mol. The van der Waals surface area contributed by atoms with Crippen molar-refractivity contribution in [2.45, 2.75) is 63.8 Å². The van der Waals surface area contributed by atoms with E-state index in [1.165, 1.54) is 0 Å². The molecule has 1 fully saturated rings. The number of aliphatic hydroxyl groups is 1. The molecule has 0 saturated heterocycles. The van der Waals surface area contributed by atoms with Gasteiger partial charge in [-0.1, -0.05) is 0 Å². The summed E-state index contributed by atoms with van der Waals surface area (Å²) in [4.78, 5) is 11.5. The summed E-state index contributed by atoms with van der Waals surface area (Å²) in [5, 5.41) is 12.5. The number of carbonyl (C=O) groups is 1. The molecule has 0 heterocycles. The van der Waals surface area contributed by atoms with Gasteiger partial charge in [-0.25, -0.2) is 4.79 Å². The zero-order valence-corrected chi connectivity index (χ0v) is 12.0. The van der Waals surface area contributed by atoms with Gasteiger partial charge in [0.2, 0.25) is 0 Å². The summed E-state index contributed by atoms with van der Waals surface area (Å²) >= 11 is 0. The fourth-order valence-corrected chi connectivity index (χ4v) is 2.33. The van der Waals surface area contributed by atoms with Crippen molar-refractivity contribution in [1.29, 1.82) is 0 Å². The Labute approximate surface area is 116 Å². The molecule has 0 aliphatic heterocycles. The number of halogens is 3. The molecule has 2 unspecified atom stereocenters. The van der Waals surface area contributed by atoms with E-state index in [2.05, 4.69) is 5.32 Å². The number of alkyl halides is 3. The first-order chi connectivity index (χ1) is 8.91. The first kappa shape index (κ1) is 17.1. The van der Waals surface area contributed by atoms with E-state index in [1.807, 2.05) is 0 Å². The highest BCUT2D eigenvalue weighted by molar-refractivity contribution is 5.67. The number of carbonyl (C=O) groups excluding carboxylic acids is 1. The van der Waals surface area contributed by atoms with E-state index in [0.717, 1.165) is 0 Å². The van der Waals surface area contributed by atoms with Gasteiger partial charge in [-0.3, -0.25) is 0 Å². The minimum atomic E-state index is -4.31. The van der Waals surface area contributed by atoms with Gasteiger partial charge in [-0.2, -0.15) is 13.2 Å². The summed E-state index contributed by atoms with van der Waals surface area (Å²) in [5.74, 6) is -1.51. The molecule has 1 aliphatic carbocycles. The third-order valence-corrected chi connectivity index (χ3v) is 3.24. The Balaban J connectivity index is 2.51. The molecule has 1 saturated carbocycles. The molecule has 20 heavy (non-hydrogen) atoms. The Morgan fingerprint density at radius 2 is 2.00 bits per heavy atom. The predicted octanol–water partition coefficient (Wildman–Crippen LogP) is 2.99. The van der Waals surface area contributed by atoms with Crippen LogP contribution in [0.4, 0.5) is 18.0 Å². The smallest absolute Gasteiger partial charge is 0.407 e. The normalized spacial score (nSPS) is 28.1. The van der Waals surface area contributed by atoms with Gasteiger partial charge in [0.15, 0.2) is 0 Å². The van der Waals surface area contributed by atoms with Crippen LogP contribution in [0.2, 0.25) is 0 Å². The van der Waals surface area contributed by atoms with Crippen LogP contribution in [0.3, 0.4) is 0 Å². The quantitative estimate of drug-likeness (QED) is 0.823. The van der Waals surface area contributed by atoms with Crippen LogP contribution in [0.5, 0.6) is 0 Å². The Morgan fingerprint density at radius 1 is 1.40 bits per heavy atom. The van der Waals surface area contributed by atoms with Crippen LogP contribution >= 0.6 is 0 Å². The number of alkyl carbamates (subject to hydrolysis) is 1. The van der Waals surface area contributed by atoms with Crippen molar-refractivity contribution < 1.29 is 27.8 Å². The highest BCUT2D eigenvalue weighted by Crippen LogP contribution is 2.41. The fourth-order valence-electron chi connectivity index (χ4n) is 2.33. The van der Waals surface area contributed by atoms with E-state index in [9.17, 15) is 23.1 Å². The second-order valence-electron chi connectivity index (χ2n) is 6.41. The first-order valence-corrected chi connectivity index (χ1v) is 6.67. The topological polar surface area (TPSA) is 58.6 Å². The largest absolute Gasteiger partial charge is 0.444 e. The van der Waals surface area contributed by atoms with Gasteiger partial charge in [-0.15, -0.1) is 0 Å². The zero-order valence-electron chi connectivity index (χ0n) is 12.0. The van der Waals surface area contributed by atoms with Crippen LogP contribution < -0.4 is 5.32 Å². The van der Waals surface area contributed by atoms with Gasteiger partial charge in [-0.05, 0) is 46.5 Å². The molecule has 7 heteroatoms. The van der Waals surface area contributed by atoms with Crippen LogP contribution in [-0.2, 0) is 4.74 Å². The van der Waals surface area contributed by atoms with E-state index in [-0.39, 0.29) is 32.2 Å². The number of hydrogen-bond acceptors (Lipinski definition) is 3. The average Bonchev–Trinajstić information content (AvgIpc) is 2.23. The Morgan fingerprint density at radius 3 is 2.50 bits per heavy atom. The van der Waals surface area contributed by atoms with Gasteiger partial charge in [0.25, 0.3) is 0 Å². The molecule has 0 aromatic rings. The van der Waals surface area contributed by atoms with Crippen LogP contribution in [0, 0.1) is 5.92 Å². The molecule has 1 rings (SSSR count). The van der Waals surface area contributed by atoms with Crippen LogP contribution in [0.15, 0.2) is 0 Å². The molecule has 0 aromatic heterocycles. The number of ether oxygens (including phenoxy) is 1. The highest BCUT2D eigenvalue weighted by atomic mass is 19.4. The van der Waals surface area contributed by atoms with Gasteiger partial charge in [0, 0.05) is 6.54 Å². The zero-order chi connectivity index (χ0) is 15.6. The minimum absolute atomic E-state index is 0.0260. The van der Waals surface area contributed by atoms with Crippen molar-refractivity contribution in [2.24, 2.45) is 5.92 Å². The predicted molar refractivity (Wildman–Crippen MR) is 67.2 cm³/mol. The Kier molecular flexibility index (Phi) is 4.94. The number of rotatable bonds is 2. The SMILES string of the molecule is CC(C)(C)OC(=O)NCC1(O)CCCC(C(F)(F)F)C1. The molecular formula is C13H22F3NO3. The summed E-state index contributed by atoms with van der Waals surface area (Å²) in [6, 6.07) is 0. The lowest BCUT2D eigenvalue weighted by Crippen LogP contribution is -2.49. The van der Waals surface area contributed by atoms with Gasteiger partial charge in [0.05, 0.1) is 11.5 Å². The summed E-state index contributed by atoms with van der Waals surface area (Å²) < 4.78 is 43.0. The van der Waals surface area contributed by atoms with E-state index in [1.54, 1.807) is 20.8 Å². The maximum Gasteiger partial charge on any atom is 0.407 e. The van der Waals surface area contributed by atoms with E-state index in [4.69, 9.17) is 4.74 Å². The van der Waals surface area contributed by atoms with Crippen molar-refractivity contribution in [3.8, 4) is 0 Å². The fraction of sp³-hybridized carbons (Fsp3) is 0.923. The second kappa shape index (κ2) is 5.79. The lowest BCUT2D eigenvalue weighted by molar-refractivity contribution is -0.199. The van der Waals surface area contributed by atoms with Crippen molar-refractivity contribution >= 4 is 6.09 Å². The second-order valence-corrected chi connectivity index (χ2v) is 6.41. The van der Waals surface area contributed by atoms with Gasteiger partial charge >= 0.3 is 12.3 Å². The summed E-state index contributed by atoms with van der Waals surface area (Å²) in [7, 11) is 0. The molecule has 4 nitrogen and oxygen atoms in total. The number of amides is 1. The molecule has 0 bridgehead atoms.